The molecule has 1 aliphatic heterocycles. The fourth-order valence-electron chi connectivity index (χ4n) is 2.02. The summed E-state index contributed by atoms with van der Waals surface area (Å²) in [5.41, 5.74) is 8.50. The van der Waals surface area contributed by atoms with Gasteiger partial charge in [-0.2, -0.15) is 0 Å². The second kappa shape index (κ2) is 3.66. The van der Waals surface area contributed by atoms with Crippen LogP contribution < -0.4 is 5.73 Å². The van der Waals surface area contributed by atoms with Gasteiger partial charge >= 0.3 is 0 Å². The molecular formula is C10H16BrN3. The SMILES string of the molecule is CC(C)c1nc(Br)n2c1CC(N)CC2. The Labute approximate surface area is 92.8 Å². The maximum Gasteiger partial charge on any atom is 0.177 e. The molecule has 0 radical (unpaired) electrons. The first-order valence-corrected chi connectivity index (χ1v) is 5.89. The highest BCUT2D eigenvalue weighted by molar-refractivity contribution is 9.10. The number of halogens is 1. The normalized spacial score (nSPS) is 21.4. The van der Waals surface area contributed by atoms with E-state index in [0.29, 0.717) is 12.0 Å². The van der Waals surface area contributed by atoms with Gasteiger partial charge in [0.25, 0.3) is 0 Å². The predicted octanol–water partition coefficient (Wildman–Crippen LogP) is 2.04. The lowest BCUT2D eigenvalue weighted by Crippen LogP contribution is -2.31. The lowest BCUT2D eigenvalue weighted by molar-refractivity contribution is 0.463. The molecule has 14 heavy (non-hydrogen) atoms. The number of nitrogens with zero attached hydrogens (tertiary/aromatic N) is 2. The summed E-state index contributed by atoms with van der Waals surface area (Å²) in [7, 11) is 0. The van der Waals surface area contributed by atoms with Gasteiger partial charge < -0.3 is 10.3 Å². The van der Waals surface area contributed by atoms with Crippen LogP contribution in [0.4, 0.5) is 0 Å². The zero-order valence-electron chi connectivity index (χ0n) is 8.63. The third kappa shape index (κ3) is 1.61. The van der Waals surface area contributed by atoms with Gasteiger partial charge in [0.1, 0.15) is 0 Å². The summed E-state index contributed by atoms with van der Waals surface area (Å²) in [6.07, 6.45) is 2.02. The summed E-state index contributed by atoms with van der Waals surface area (Å²) in [5.74, 6) is 0.479. The summed E-state index contributed by atoms with van der Waals surface area (Å²) in [6, 6.07) is 0.309. The highest BCUT2D eigenvalue weighted by Crippen LogP contribution is 2.27. The minimum Gasteiger partial charge on any atom is -0.327 e. The van der Waals surface area contributed by atoms with Crippen molar-refractivity contribution in [2.24, 2.45) is 5.73 Å². The van der Waals surface area contributed by atoms with Crippen molar-refractivity contribution < 1.29 is 0 Å². The Morgan fingerprint density at radius 2 is 2.29 bits per heavy atom. The van der Waals surface area contributed by atoms with E-state index in [1.54, 1.807) is 0 Å². The molecule has 0 aromatic carbocycles. The van der Waals surface area contributed by atoms with Crippen molar-refractivity contribution in [2.45, 2.75) is 45.2 Å². The lowest BCUT2D eigenvalue weighted by atomic mass is 9.99. The van der Waals surface area contributed by atoms with Gasteiger partial charge in [-0.05, 0) is 28.3 Å². The van der Waals surface area contributed by atoms with Crippen LogP contribution in [-0.4, -0.2) is 15.6 Å². The molecule has 3 nitrogen and oxygen atoms in total. The van der Waals surface area contributed by atoms with Crippen LogP contribution in [0.15, 0.2) is 4.73 Å². The minimum absolute atomic E-state index is 0.309. The molecule has 0 bridgehead atoms. The number of rotatable bonds is 1. The van der Waals surface area contributed by atoms with Gasteiger partial charge in [0.05, 0.1) is 5.69 Å². The molecule has 2 heterocycles. The van der Waals surface area contributed by atoms with Crippen LogP contribution in [0.25, 0.3) is 0 Å². The minimum atomic E-state index is 0.309. The molecule has 1 aromatic rings. The molecule has 0 amide bonds. The fourth-order valence-corrected chi connectivity index (χ4v) is 2.61. The molecule has 78 valence electrons. The maximum absolute atomic E-state index is 5.97. The first kappa shape index (κ1) is 10.2. The molecule has 1 aliphatic rings. The third-order valence-electron chi connectivity index (χ3n) is 2.78. The summed E-state index contributed by atoms with van der Waals surface area (Å²) >= 11 is 3.50. The topological polar surface area (TPSA) is 43.8 Å². The molecule has 1 unspecified atom stereocenters. The number of aromatic nitrogens is 2. The second-order valence-corrected chi connectivity index (χ2v) is 4.98. The highest BCUT2D eigenvalue weighted by Gasteiger charge is 2.23. The zero-order chi connectivity index (χ0) is 10.3. The average molecular weight is 258 g/mol. The van der Waals surface area contributed by atoms with E-state index < -0.39 is 0 Å². The molecule has 0 spiro atoms. The van der Waals surface area contributed by atoms with Crippen molar-refractivity contribution in [3.63, 3.8) is 0 Å². The van der Waals surface area contributed by atoms with Crippen LogP contribution in [0.2, 0.25) is 0 Å². The molecule has 1 aromatic heterocycles. The Balaban J connectivity index is 2.45. The standard InChI is InChI=1S/C10H16BrN3/c1-6(2)9-8-5-7(12)3-4-14(8)10(11)13-9/h6-7H,3-5,12H2,1-2H3. The Morgan fingerprint density at radius 1 is 1.57 bits per heavy atom. The largest absolute Gasteiger partial charge is 0.327 e. The van der Waals surface area contributed by atoms with Crippen LogP contribution >= 0.6 is 15.9 Å². The van der Waals surface area contributed by atoms with E-state index in [4.69, 9.17) is 5.73 Å². The van der Waals surface area contributed by atoms with Crippen LogP contribution in [0, 0.1) is 0 Å². The third-order valence-corrected chi connectivity index (χ3v) is 3.39. The monoisotopic (exact) mass is 257 g/mol. The second-order valence-electron chi connectivity index (χ2n) is 4.27. The van der Waals surface area contributed by atoms with Gasteiger partial charge in [-0.3, -0.25) is 0 Å². The van der Waals surface area contributed by atoms with Crippen LogP contribution in [0.3, 0.4) is 0 Å². The van der Waals surface area contributed by atoms with Crippen LogP contribution in [0.1, 0.15) is 37.6 Å². The van der Waals surface area contributed by atoms with Crippen molar-refractivity contribution in [2.75, 3.05) is 0 Å². The van der Waals surface area contributed by atoms with Crippen molar-refractivity contribution in [3.05, 3.63) is 16.1 Å². The van der Waals surface area contributed by atoms with E-state index in [0.717, 1.165) is 24.1 Å². The van der Waals surface area contributed by atoms with E-state index >= 15 is 0 Å². The van der Waals surface area contributed by atoms with Crippen molar-refractivity contribution in [1.82, 2.24) is 9.55 Å². The highest BCUT2D eigenvalue weighted by atomic mass is 79.9. The number of hydrogen-bond donors (Lipinski definition) is 1. The summed E-state index contributed by atoms with van der Waals surface area (Å²) in [4.78, 5) is 4.55. The molecule has 0 fully saturated rings. The quantitative estimate of drug-likeness (QED) is 0.837. The van der Waals surface area contributed by atoms with Crippen LogP contribution in [-0.2, 0) is 13.0 Å². The first-order valence-electron chi connectivity index (χ1n) is 5.10. The smallest absolute Gasteiger partial charge is 0.177 e. The van der Waals surface area contributed by atoms with Crippen molar-refractivity contribution in [3.8, 4) is 0 Å². The molecule has 0 aliphatic carbocycles. The molecule has 0 saturated heterocycles. The molecule has 2 rings (SSSR count). The lowest BCUT2D eigenvalue weighted by Gasteiger charge is -2.22. The van der Waals surface area contributed by atoms with Gasteiger partial charge in [-0.25, -0.2) is 4.98 Å². The molecule has 1 atom stereocenters. The van der Waals surface area contributed by atoms with Crippen molar-refractivity contribution >= 4 is 15.9 Å². The first-order chi connectivity index (χ1) is 6.59. The average Bonchev–Trinajstić information content (AvgIpc) is 2.43. The van der Waals surface area contributed by atoms with Gasteiger partial charge in [0.2, 0.25) is 0 Å². The Bertz CT molecular complexity index is 343. The number of hydrogen-bond acceptors (Lipinski definition) is 2. The van der Waals surface area contributed by atoms with Gasteiger partial charge in [0.15, 0.2) is 4.73 Å². The van der Waals surface area contributed by atoms with Crippen molar-refractivity contribution in [1.29, 1.82) is 0 Å². The van der Waals surface area contributed by atoms with Gasteiger partial charge in [0, 0.05) is 24.7 Å². The van der Waals surface area contributed by atoms with Gasteiger partial charge in [-0.1, -0.05) is 13.8 Å². The Kier molecular flexibility index (Phi) is 2.66. The summed E-state index contributed by atoms with van der Waals surface area (Å²) in [6.45, 7) is 5.35. The van der Waals surface area contributed by atoms with E-state index in [9.17, 15) is 0 Å². The number of fused-ring (bicyclic) bond motifs is 1. The van der Waals surface area contributed by atoms with E-state index in [2.05, 4.69) is 39.3 Å². The maximum atomic E-state index is 5.97. The Hall–Kier alpha value is -0.350. The van der Waals surface area contributed by atoms with Gasteiger partial charge in [-0.15, -0.1) is 0 Å². The fraction of sp³-hybridized carbons (Fsp3) is 0.700. The predicted molar refractivity (Wildman–Crippen MR) is 60.3 cm³/mol. The molecule has 2 N–H and O–H groups in total. The van der Waals surface area contributed by atoms with E-state index in [1.807, 2.05) is 0 Å². The van der Waals surface area contributed by atoms with Crippen LogP contribution in [0.5, 0.6) is 0 Å². The molecule has 4 heteroatoms. The summed E-state index contributed by atoms with van der Waals surface area (Å²) < 4.78 is 3.21. The number of imidazole rings is 1. The van der Waals surface area contributed by atoms with E-state index in [1.165, 1.54) is 11.4 Å². The zero-order valence-corrected chi connectivity index (χ0v) is 10.2. The summed E-state index contributed by atoms with van der Waals surface area (Å²) in [5, 5.41) is 0. The van der Waals surface area contributed by atoms with E-state index in [-0.39, 0.29) is 0 Å². The molecular weight excluding hydrogens is 242 g/mol. The number of nitrogens with two attached hydrogens (primary N) is 1. The Morgan fingerprint density at radius 3 is 2.93 bits per heavy atom. The molecule has 0 saturated carbocycles.